The number of aromatic nitrogens is 1. The Balaban J connectivity index is 1.95. The molecule has 1 aromatic rings. The summed E-state index contributed by atoms with van der Waals surface area (Å²) in [6, 6.07) is 3.62. The lowest BCUT2D eigenvalue weighted by Crippen LogP contribution is -2.29. The van der Waals surface area contributed by atoms with E-state index in [1.165, 1.54) is 0 Å². The first-order chi connectivity index (χ1) is 9.74. The second-order valence-corrected chi connectivity index (χ2v) is 5.23. The van der Waals surface area contributed by atoms with Gasteiger partial charge in [0.2, 0.25) is 11.8 Å². The Hall–Kier alpha value is -1.62. The molecule has 0 spiro atoms. The van der Waals surface area contributed by atoms with Crippen LogP contribution in [0.25, 0.3) is 0 Å². The summed E-state index contributed by atoms with van der Waals surface area (Å²) in [4.78, 5) is 16.4. The molecule has 1 aliphatic rings. The molecule has 1 amide bonds. The third-order valence-electron chi connectivity index (χ3n) is 3.86. The number of amides is 1. The van der Waals surface area contributed by atoms with Crippen LogP contribution in [0.5, 0.6) is 5.88 Å². The molecule has 0 bridgehead atoms. The van der Waals surface area contributed by atoms with Crippen LogP contribution < -0.4 is 15.8 Å². The van der Waals surface area contributed by atoms with E-state index in [0.29, 0.717) is 24.1 Å². The number of nitrogens with two attached hydrogens (primary N) is 1. The van der Waals surface area contributed by atoms with Crippen molar-refractivity contribution in [2.75, 3.05) is 18.5 Å². The van der Waals surface area contributed by atoms with Gasteiger partial charge >= 0.3 is 0 Å². The second-order valence-electron chi connectivity index (χ2n) is 5.23. The van der Waals surface area contributed by atoms with Crippen molar-refractivity contribution in [3.8, 4) is 5.88 Å². The van der Waals surface area contributed by atoms with Gasteiger partial charge in [-0.05, 0) is 57.2 Å². The van der Waals surface area contributed by atoms with Gasteiger partial charge in [-0.2, -0.15) is 0 Å². The van der Waals surface area contributed by atoms with Gasteiger partial charge in [0.25, 0.3) is 0 Å². The monoisotopic (exact) mass is 277 g/mol. The number of nitrogens with zero attached hydrogens (tertiary/aromatic N) is 1. The van der Waals surface area contributed by atoms with Crippen molar-refractivity contribution in [1.29, 1.82) is 0 Å². The summed E-state index contributed by atoms with van der Waals surface area (Å²) in [5.74, 6) is 1.21. The third-order valence-corrected chi connectivity index (χ3v) is 3.86. The second kappa shape index (κ2) is 7.24. The number of hydrogen-bond donors (Lipinski definition) is 2. The average molecular weight is 277 g/mol. The van der Waals surface area contributed by atoms with E-state index >= 15 is 0 Å². The van der Waals surface area contributed by atoms with Gasteiger partial charge in [-0.3, -0.25) is 4.79 Å². The molecular weight excluding hydrogens is 254 g/mol. The van der Waals surface area contributed by atoms with Crippen LogP contribution in [0.1, 0.15) is 32.6 Å². The van der Waals surface area contributed by atoms with Crippen molar-refractivity contribution in [3.63, 3.8) is 0 Å². The zero-order chi connectivity index (χ0) is 14.4. The summed E-state index contributed by atoms with van der Waals surface area (Å²) in [6.07, 6.45) is 5.57. The summed E-state index contributed by atoms with van der Waals surface area (Å²) in [5, 5.41) is 2.94. The van der Waals surface area contributed by atoms with Gasteiger partial charge in [0.05, 0.1) is 6.61 Å². The molecule has 3 N–H and O–H groups in total. The zero-order valence-corrected chi connectivity index (χ0v) is 12.0. The SMILES string of the molecule is CCOc1ncccc1NC(=O)C1CCC(CN)CC1. The maximum Gasteiger partial charge on any atom is 0.237 e. The van der Waals surface area contributed by atoms with Crippen LogP contribution in [0.2, 0.25) is 0 Å². The van der Waals surface area contributed by atoms with Gasteiger partial charge in [0.15, 0.2) is 0 Å². The quantitative estimate of drug-likeness (QED) is 0.865. The molecule has 1 fully saturated rings. The molecular formula is C15H23N3O2. The number of nitrogens with one attached hydrogen (secondary N) is 1. The first-order valence-corrected chi connectivity index (χ1v) is 7.33. The van der Waals surface area contributed by atoms with Crippen LogP contribution in [0.4, 0.5) is 5.69 Å². The van der Waals surface area contributed by atoms with Gasteiger partial charge < -0.3 is 15.8 Å². The molecule has 5 heteroatoms. The van der Waals surface area contributed by atoms with Crippen LogP contribution >= 0.6 is 0 Å². The van der Waals surface area contributed by atoms with Crippen LogP contribution in [-0.4, -0.2) is 24.0 Å². The molecule has 0 aliphatic heterocycles. The molecule has 1 aromatic heterocycles. The first-order valence-electron chi connectivity index (χ1n) is 7.33. The van der Waals surface area contributed by atoms with Crippen molar-refractivity contribution >= 4 is 11.6 Å². The van der Waals surface area contributed by atoms with Gasteiger partial charge in [-0.15, -0.1) is 0 Å². The standard InChI is InChI=1S/C15H23N3O2/c1-2-20-15-13(4-3-9-17-15)18-14(19)12-7-5-11(10-16)6-8-12/h3-4,9,11-12H,2,5-8,10,16H2,1H3,(H,18,19). The fourth-order valence-corrected chi connectivity index (χ4v) is 2.63. The lowest BCUT2D eigenvalue weighted by atomic mass is 9.81. The highest BCUT2D eigenvalue weighted by atomic mass is 16.5. The van der Waals surface area contributed by atoms with Crippen LogP contribution in [0.15, 0.2) is 18.3 Å². The molecule has 20 heavy (non-hydrogen) atoms. The Kier molecular flexibility index (Phi) is 5.35. The van der Waals surface area contributed by atoms with Crippen molar-refractivity contribution in [2.45, 2.75) is 32.6 Å². The topological polar surface area (TPSA) is 77.2 Å². The molecule has 1 saturated carbocycles. The third kappa shape index (κ3) is 3.70. The van der Waals surface area contributed by atoms with E-state index in [-0.39, 0.29) is 11.8 Å². The predicted molar refractivity (Wildman–Crippen MR) is 78.5 cm³/mol. The Bertz CT molecular complexity index is 442. The minimum atomic E-state index is 0.0643. The number of anilines is 1. The normalized spacial score (nSPS) is 22.3. The van der Waals surface area contributed by atoms with E-state index in [1.54, 1.807) is 12.3 Å². The molecule has 1 heterocycles. The maximum absolute atomic E-state index is 12.3. The van der Waals surface area contributed by atoms with E-state index in [2.05, 4.69) is 10.3 Å². The Labute approximate surface area is 119 Å². The molecule has 2 rings (SSSR count). The molecule has 0 saturated heterocycles. The van der Waals surface area contributed by atoms with Gasteiger partial charge in [0, 0.05) is 12.1 Å². The summed E-state index contributed by atoms with van der Waals surface area (Å²) in [7, 11) is 0. The lowest BCUT2D eigenvalue weighted by molar-refractivity contribution is -0.121. The highest BCUT2D eigenvalue weighted by Crippen LogP contribution is 2.30. The summed E-state index contributed by atoms with van der Waals surface area (Å²) in [5.41, 5.74) is 6.33. The Morgan fingerprint density at radius 1 is 1.45 bits per heavy atom. The molecule has 5 nitrogen and oxygen atoms in total. The zero-order valence-electron chi connectivity index (χ0n) is 12.0. The average Bonchev–Trinajstić information content (AvgIpc) is 2.49. The van der Waals surface area contributed by atoms with Crippen LogP contribution in [-0.2, 0) is 4.79 Å². The fourth-order valence-electron chi connectivity index (χ4n) is 2.63. The number of hydrogen-bond acceptors (Lipinski definition) is 4. The molecule has 0 aromatic carbocycles. The van der Waals surface area contributed by atoms with Crippen LogP contribution in [0.3, 0.4) is 0 Å². The number of pyridine rings is 1. The predicted octanol–water partition coefficient (Wildman–Crippen LogP) is 2.18. The largest absolute Gasteiger partial charge is 0.476 e. The van der Waals surface area contributed by atoms with E-state index in [4.69, 9.17) is 10.5 Å². The highest BCUT2D eigenvalue weighted by Gasteiger charge is 2.26. The fraction of sp³-hybridized carbons (Fsp3) is 0.600. The van der Waals surface area contributed by atoms with Crippen molar-refractivity contribution in [1.82, 2.24) is 4.98 Å². The number of carbonyl (C=O) groups is 1. The van der Waals surface area contributed by atoms with Crippen molar-refractivity contribution < 1.29 is 9.53 Å². The number of ether oxygens (including phenoxy) is 1. The van der Waals surface area contributed by atoms with Gasteiger partial charge in [-0.1, -0.05) is 0 Å². The van der Waals surface area contributed by atoms with E-state index < -0.39 is 0 Å². The number of rotatable bonds is 5. The summed E-state index contributed by atoms with van der Waals surface area (Å²) < 4.78 is 5.42. The number of carbonyl (C=O) groups excluding carboxylic acids is 1. The van der Waals surface area contributed by atoms with Crippen molar-refractivity contribution in [3.05, 3.63) is 18.3 Å². The highest BCUT2D eigenvalue weighted by molar-refractivity contribution is 5.93. The molecule has 110 valence electrons. The van der Waals surface area contributed by atoms with Gasteiger partial charge in [0.1, 0.15) is 5.69 Å². The lowest BCUT2D eigenvalue weighted by Gasteiger charge is -2.26. The van der Waals surface area contributed by atoms with Crippen LogP contribution in [0, 0.1) is 11.8 Å². The van der Waals surface area contributed by atoms with Crippen molar-refractivity contribution in [2.24, 2.45) is 17.6 Å². The minimum absolute atomic E-state index is 0.0643. The van der Waals surface area contributed by atoms with E-state index in [1.807, 2.05) is 13.0 Å². The first kappa shape index (κ1) is 14.8. The Morgan fingerprint density at radius 3 is 2.85 bits per heavy atom. The summed E-state index contributed by atoms with van der Waals surface area (Å²) >= 11 is 0. The minimum Gasteiger partial charge on any atom is -0.476 e. The van der Waals surface area contributed by atoms with E-state index in [0.717, 1.165) is 32.2 Å². The van der Waals surface area contributed by atoms with Gasteiger partial charge in [-0.25, -0.2) is 4.98 Å². The maximum atomic E-state index is 12.3. The Morgan fingerprint density at radius 2 is 2.20 bits per heavy atom. The summed E-state index contributed by atoms with van der Waals surface area (Å²) in [6.45, 7) is 3.15. The molecule has 0 atom stereocenters. The molecule has 0 radical (unpaired) electrons. The smallest absolute Gasteiger partial charge is 0.237 e. The van der Waals surface area contributed by atoms with E-state index in [9.17, 15) is 4.79 Å². The molecule has 0 unspecified atom stereocenters. The molecule has 1 aliphatic carbocycles.